The van der Waals surface area contributed by atoms with Crippen molar-refractivity contribution in [2.75, 3.05) is 18.4 Å². The molecule has 1 amide bonds. The molecule has 0 atom stereocenters. The first-order valence-corrected chi connectivity index (χ1v) is 10.5. The summed E-state index contributed by atoms with van der Waals surface area (Å²) in [5, 5.41) is 5.69. The minimum absolute atomic E-state index is 0.139. The fraction of sp³-hybridized carbons (Fsp3) is 0.529. The van der Waals surface area contributed by atoms with Gasteiger partial charge in [0.2, 0.25) is 15.9 Å². The Morgan fingerprint density at radius 3 is 2.28 bits per heavy atom. The van der Waals surface area contributed by atoms with E-state index in [0.29, 0.717) is 25.2 Å². The minimum Gasteiger partial charge on any atom is -0.332 e. The van der Waals surface area contributed by atoms with Crippen molar-refractivity contribution in [2.24, 2.45) is 0 Å². The quantitative estimate of drug-likeness (QED) is 0.765. The number of sulfonamides is 1. The van der Waals surface area contributed by atoms with Crippen molar-refractivity contribution in [1.82, 2.24) is 9.62 Å². The molecule has 138 valence electrons. The molecule has 1 aliphatic heterocycles. The van der Waals surface area contributed by atoms with Crippen molar-refractivity contribution in [3.63, 3.8) is 0 Å². The molecule has 1 aromatic carbocycles. The van der Waals surface area contributed by atoms with Gasteiger partial charge >= 0.3 is 0 Å². The van der Waals surface area contributed by atoms with Gasteiger partial charge in [0.25, 0.3) is 0 Å². The van der Waals surface area contributed by atoms with E-state index in [2.05, 4.69) is 10.6 Å². The molecule has 0 saturated carbocycles. The Kier molecular flexibility index (Phi) is 7.34. The van der Waals surface area contributed by atoms with Crippen LogP contribution in [0.2, 0.25) is 0 Å². The lowest BCUT2D eigenvalue weighted by molar-refractivity contribution is -0.119. The largest absolute Gasteiger partial charge is 0.332 e. The maximum atomic E-state index is 12.7. The first kappa shape index (κ1) is 19.8. The van der Waals surface area contributed by atoms with Gasteiger partial charge < -0.3 is 10.6 Å². The average Bonchev–Trinajstić information content (AvgIpc) is 2.85. The van der Waals surface area contributed by atoms with Crippen LogP contribution in [0.25, 0.3) is 0 Å². The van der Waals surface area contributed by atoms with E-state index >= 15 is 0 Å². The van der Waals surface area contributed by atoms with E-state index in [-0.39, 0.29) is 15.9 Å². The second kappa shape index (κ2) is 9.26. The van der Waals surface area contributed by atoms with Crippen LogP contribution in [0.4, 0.5) is 5.69 Å². The van der Waals surface area contributed by atoms with Gasteiger partial charge in [0.15, 0.2) is 5.11 Å². The highest BCUT2D eigenvalue weighted by molar-refractivity contribution is 7.89. The van der Waals surface area contributed by atoms with E-state index in [1.54, 1.807) is 28.6 Å². The monoisotopic (exact) mass is 383 g/mol. The van der Waals surface area contributed by atoms with Crippen LogP contribution < -0.4 is 10.6 Å². The van der Waals surface area contributed by atoms with E-state index in [4.69, 9.17) is 12.2 Å². The number of amides is 1. The van der Waals surface area contributed by atoms with Crippen molar-refractivity contribution in [3.05, 3.63) is 24.3 Å². The van der Waals surface area contributed by atoms with Crippen LogP contribution >= 0.6 is 12.2 Å². The highest BCUT2D eigenvalue weighted by atomic mass is 32.2. The van der Waals surface area contributed by atoms with Crippen LogP contribution in [-0.4, -0.2) is 36.8 Å². The van der Waals surface area contributed by atoms with Crippen molar-refractivity contribution >= 4 is 38.9 Å². The molecular formula is C17H25N3O3S2. The first-order valence-electron chi connectivity index (χ1n) is 8.64. The van der Waals surface area contributed by atoms with Gasteiger partial charge in [-0.25, -0.2) is 8.42 Å². The van der Waals surface area contributed by atoms with Crippen molar-refractivity contribution in [1.29, 1.82) is 0 Å². The second-order valence-corrected chi connectivity index (χ2v) is 8.44. The maximum absolute atomic E-state index is 12.7. The summed E-state index contributed by atoms with van der Waals surface area (Å²) in [5.41, 5.74) is 0.636. The summed E-state index contributed by atoms with van der Waals surface area (Å²) < 4.78 is 27.0. The minimum atomic E-state index is -3.45. The number of carbonyl (C=O) groups excluding carboxylic acids is 1. The van der Waals surface area contributed by atoms with E-state index in [1.807, 2.05) is 6.92 Å². The fourth-order valence-corrected chi connectivity index (χ4v) is 4.47. The predicted molar refractivity (Wildman–Crippen MR) is 103 cm³/mol. The number of hydrogen-bond donors (Lipinski definition) is 2. The zero-order valence-corrected chi connectivity index (χ0v) is 16.1. The standard InChI is InChI=1S/C17H25N3O3S2/c1-2-7-16(21)19-17(24)18-14-8-10-15(11-9-14)25(22,23)20-12-5-3-4-6-13-20/h8-11H,2-7,12-13H2,1H3,(H2,18,19,21,24). The normalized spacial score (nSPS) is 16.0. The number of thiocarbonyl (C=S) groups is 1. The van der Waals surface area contributed by atoms with E-state index in [9.17, 15) is 13.2 Å². The van der Waals surface area contributed by atoms with E-state index in [0.717, 1.165) is 32.1 Å². The van der Waals surface area contributed by atoms with E-state index < -0.39 is 10.0 Å². The van der Waals surface area contributed by atoms with Crippen molar-refractivity contribution < 1.29 is 13.2 Å². The highest BCUT2D eigenvalue weighted by Crippen LogP contribution is 2.21. The Labute approximate surface area is 155 Å². The summed E-state index contributed by atoms with van der Waals surface area (Å²) >= 11 is 5.08. The molecule has 0 radical (unpaired) electrons. The molecule has 0 bridgehead atoms. The van der Waals surface area contributed by atoms with Crippen LogP contribution in [0.1, 0.15) is 45.4 Å². The summed E-state index contributed by atoms with van der Waals surface area (Å²) in [6.45, 7) is 3.07. The van der Waals surface area contributed by atoms with Crippen LogP contribution in [0.3, 0.4) is 0 Å². The maximum Gasteiger partial charge on any atom is 0.243 e. The summed E-state index contributed by atoms with van der Waals surface area (Å²) in [7, 11) is -3.45. The van der Waals surface area contributed by atoms with Gasteiger partial charge in [0.1, 0.15) is 0 Å². The topological polar surface area (TPSA) is 78.5 Å². The predicted octanol–water partition coefficient (Wildman–Crippen LogP) is 2.86. The Balaban J connectivity index is 2.01. The van der Waals surface area contributed by atoms with Gasteiger partial charge in [-0.05, 0) is 55.7 Å². The number of benzene rings is 1. The Morgan fingerprint density at radius 1 is 1.12 bits per heavy atom. The molecular weight excluding hydrogens is 358 g/mol. The molecule has 0 spiro atoms. The van der Waals surface area contributed by atoms with Gasteiger partial charge in [-0.1, -0.05) is 19.8 Å². The molecule has 25 heavy (non-hydrogen) atoms. The molecule has 1 aromatic rings. The molecule has 0 aromatic heterocycles. The Morgan fingerprint density at radius 2 is 1.72 bits per heavy atom. The molecule has 1 saturated heterocycles. The molecule has 2 N–H and O–H groups in total. The molecule has 0 unspecified atom stereocenters. The average molecular weight is 384 g/mol. The number of nitrogens with one attached hydrogen (secondary N) is 2. The lowest BCUT2D eigenvalue weighted by Gasteiger charge is -2.20. The molecule has 0 aliphatic carbocycles. The third-order valence-electron chi connectivity index (χ3n) is 4.05. The Bertz CT molecular complexity index is 694. The smallest absolute Gasteiger partial charge is 0.243 e. The fourth-order valence-electron chi connectivity index (χ4n) is 2.72. The SMILES string of the molecule is CCCC(=O)NC(=S)Nc1ccc(S(=O)(=O)N2CCCCCC2)cc1. The number of nitrogens with zero attached hydrogens (tertiary/aromatic N) is 1. The zero-order chi connectivity index (χ0) is 18.3. The molecule has 1 aliphatic rings. The van der Waals surface area contributed by atoms with Crippen LogP contribution in [0, 0.1) is 0 Å². The number of carbonyl (C=O) groups is 1. The molecule has 1 fully saturated rings. The lowest BCUT2D eigenvalue weighted by atomic mass is 10.2. The third kappa shape index (κ3) is 5.76. The van der Waals surface area contributed by atoms with Gasteiger partial charge in [0, 0.05) is 25.2 Å². The highest BCUT2D eigenvalue weighted by Gasteiger charge is 2.24. The summed E-state index contributed by atoms with van der Waals surface area (Å²) in [6.07, 6.45) is 5.13. The Hall–Kier alpha value is -1.51. The third-order valence-corrected chi connectivity index (χ3v) is 6.16. The lowest BCUT2D eigenvalue weighted by Crippen LogP contribution is -2.34. The van der Waals surface area contributed by atoms with E-state index in [1.165, 1.54) is 0 Å². The molecule has 1 heterocycles. The zero-order valence-electron chi connectivity index (χ0n) is 14.5. The van der Waals surface area contributed by atoms with Gasteiger partial charge in [0.05, 0.1) is 4.90 Å². The van der Waals surface area contributed by atoms with Gasteiger partial charge in [-0.2, -0.15) is 4.31 Å². The number of hydrogen-bond acceptors (Lipinski definition) is 4. The summed E-state index contributed by atoms with van der Waals surface area (Å²) in [5.74, 6) is -0.139. The number of anilines is 1. The summed E-state index contributed by atoms with van der Waals surface area (Å²) in [6, 6.07) is 6.45. The van der Waals surface area contributed by atoms with Gasteiger partial charge in [-0.15, -0.1) is 0 Å². The van der Waals surface area contributed by atoms with Crippen molar-refractivity contribution in [2.45, 2.75) is 50.3 Å². The van der Waals surface area contributed by atoms with Gasteiger partial charge in [-0.3, -0.25) is 4.79 Å². The first-order chi connectivity index (χ1) is 11.9. The van der Waals surface area contributed by atoms with Crippen LogP contribution in [-0.2, 0) is 14.8 Å². The molecule has 2 rings (SSSR count). The van der Waals surface area contributed by atoms with Crippen LogP contribution in [0.5, 0.6) is 0 Å². The summed E-state index contributed by atoms with van der Waals surface area (Å²) in [4.78, 5) is 11.8. The molecule has 8 heteroatoms. The molecule has 6 nitrogen and oxygen atoms in total. The van der Waals surface area contributed by atoms with Crippen LogP contribution in [0.15, 0.2) is 29.2 Å². The van der Waals surface area contributed by atoms with Crippen molar-refractivity contribution in [3.8, 4) is 0 Å². The number of rotatable bonds is 5. The second-order valence-electron chi connectivity index (χ2n) is 6.09.